The molecule has 1 aliphatic carbocycles. The van der Waals surface area contributed by atoms with E-state index in [-0.39, 0.29) is 17.9 Å². The van der Waals surface area contributed by atoms with Gasteiger partial charge in [-0.25, -0.2) is 9.97 Å². The third-order valence-electron chi connectivity index (χ3n) is 5.15. The van der Waals surface area contributed by atoms with Gasteiger partial charge in [-0.05, 0) is 56.9 Å². The molecule has 0 saturated heterocycles. The van der Waals surface area contributed by atoms with Crippen LogP contribution in [0, 0.1) is 11.3 Å². The SMILES string of the molecule is CC(C)NC(=O)C1CCc2c(sc3ncnc(Nc4ccc(N)c(C=N)c4)c23)C1. The van der Waals surface area contributed by atoms with Crippen molar-refractivity contribution in [2.24, 2.45) is 5.92 Å². The lowest BCUT2D eigenvalue weighted by Gasteiger charge is -2.23. The number of carbonyl (C=O) groups excluding carboxylic acids is 1. The molecule has 7 nitrogen and oxygen atoms in total. The van der Waals surface area contributed by atoms with Crippen LogP contribution in [0.15, 0.2) is 24.5 Å². The minimum Gasteiger partial charge on any atom is -0.398 e. The zero-order valence-corrected chi connectivity index (χ0v) is 17.3. The summed E-state index contributed by atoms with van der Waals surface area (Å²) in [6, 6.07) is 5.64. The maximum atomic E-state index is 12.5. The highest BCUT2D eigenvalue weighted by molar-refractivity contribution is 7.19. The van der Waals surface area contributed by atoms with E-state index in [1.165, 1.54) is 16.7 Å². The van der Waals surface area contributed by atoms with Gasteiger partial charge in [0.15, 0.2) is 0 Å². The van der Waals surface area contributed by atoms with Crippen molar-refractivity contribution in [2.45, 2.75) is 39.2 Å². The first-order valence-corrected chi connectivity index (χ1v) is 10.5. The monoisotopic (exact) mass is 408 g/mol. The highest BCUT2D eigenvalue weighted by Gasteiger charge is 2.29. The van der Waals surface area contributed by atoms with E-state index < -0.39 is 0 Å². The molecule has 2 heterocycles. The summed E-state index contributed by atoms with van der Waals surface area (Å²) in [5.74, 6) is 0.890. The fraction of sp³-hybridized carbons (Fsp3) is 0.333. The van der Waals surface area contributed by atoms with Gasteiger partial charge in [-0.2, -0.15) is 0 Å². The normalized spacial score (nSPS) is 15.9. The number of nitrogen functional groups attached to an aromatic ring is 1. The lowest BCUT2D eigenvalue weighted by atomic mass is 9.87. The number of aryl methyl sites for hydroxylation is 1. The number of nitrogens with one attached hydrogen (secondary N) is 3. The average Bonchev–Trinajstić information content (AvgIpc) is 3.07. The van der Waals surface area contributed by atoms with Crippen LogP contribution in [0.25, 0.3) is 10.2 Å². The third kappa shape index (κ3) is 3.80. The summed E-state index contributed by atoms with van der Waals surface area (Å²) < 4.78 is 0. The van der Waals surface area contributed by atoms with Crippen molar-refractivity contribution in [2.75, 3.05) is 11.1 Å². The number of rotatable bonds is 5. The van der Waals surface area contributed by atoms with Crippen molar-refractivity contribution < 1.29 is 4.79 Å². The van der Waals surface area contributed by atoms with Crippen LogP contribution in [0.4, 0.5) is 17.2 Å². The molecule has 0 aliphatic heterocycles. The van der Waals surface area contributed by atoms with Crippen molar-refractivity contribution in [3.63, 3.8) is 0 Å². The fourth-order valence-corrected chi connectivity index (χ4v) is 5.01. The van der Waals surface area contributed by atoms with Crippen LogP contribution in [0.2, 0.25) is 0 Å². The maximum absolute atomic E-state index is 12.5. The highest BCUT2D eigenvalue weighted by atomic mass is 32.1. The number of anilines is 3. The van der Waals surface area contributed by atoms with Gasteiger partial charge >= 0.3 is 0 Å². The summed E-state index contributed by atoms with van der Waals surface area (Å²) in [7, 11) is 0. The van der Waals surface area contributed by atoms with Gasteiger partial charge in [0.2, 0.25) is 5.91 Å². The second-order valence-corrected chi connectivity index (χ2v) is 8.71. The van der Waals surface area contributed by atoms with Gasteiger partial charge in [0.25, 0.3) is 0 Å². The van der Waals surface area contributed by atoms with Gasteiger partial charge in [-0.1, -0.05) is 0 Å². The molecule has 0 bridgehead atoms. The quantitative estimate of drug-likeness (QED) is 0.380. The Hall–Kier alpha value is -3.00. The summed E-state index contributed by atoms with van der Waals surface area (Å²) in [6.45, 7) is 3.97. The topological polar surface area (TPSA) is 117 Å². The number of thiophene rings is 1. The molecule has 1 atom stereocenters. The van der Waals surface area contributed by atoms with E-state index in [9.17, 15) is 4.79 Å². The molecule has 1 aromatic carbocycles. The van der Waals surface area contributed by atoms with E-state index in [0.29, 0.717) is 11.3 Å². The summed E-state index contributed by atoms with van der Waals surface area (Å²) in [6.07, 6.45) is 5.20. The Morgan fingerprint density at radius 3 is 2.97 bits per heavy atom. The summed E-state index contributed by atoms with van der Waals surface area (Å²) in [4.78, 5) is 23.5. The maximum Gasteiger partial charge on any atom is 0.223 e. The molecular formula is C21H24N6OS. The molecule has 8 heteroatoms. The molecule has 0 saturated carbocycles. The van der Waals surface area contributed by atoms with Crippen LogP contribution in [0.3, 0.4) is 0 Å². The second kappa shape index (κ2) is 7.79. The molecule has 1 amide bonds. The van der Waals surface area contributed by atoms with Crippen molar-refractivity contribution in [1.82, 2.24) is 15.3 Å². The lowest BCUT2D eigenvalue weighted by molar-refractivity contribution is -0.125. The molecule has 0 radical (unpaired) electrons. The van der Waals surface area contributed by atoms with Crippen LogP contribution < -0.4 is 16.4 Å². The van der Waals surface area contributed by atoms with Gasteiger partial charge in [-0.3, -0.25) is 4.79 Å². The summed E-state index contributed by atoms with van der Waals surface area (Å²) in [5.41, 5.74) is 9.18. The van der Waals surface area contributed by atoms with E-state index in [1.807, 2.05) is 26.0 Å². The van der Waals surface area contributed by atoms with Crippen LogP contribution in [0.1, 0.15) is 36.3 Å². The van der Waals surface area contributed by atoms with Crippen LogP contribution in [-0.4, -0.2) is 28.1 Å². The van der Waals surface area contributed by atoms with Crippen LogP contribution in [0.5, 0.6) is 0 Å². The Morgan fingerprint density at radius 2 is 2.21 bits per heavy atom. The van der Waals surface area contributed by atoms with Crippen molar-refractivity contribution >= 4 is 50.9 Å². The smallest absolute Gasteiger partial charge is 0.223 e. The van der Waals surface area contributed by atoms with E-state index in [0.717, 1.165) is 41.0 Å². The van der Waals surface area contributed by atoms with Gasteiger partial charge in [0, 0.05) is 40.0 Å². The lowest BCUT2D eigenvalue weighted by Crippen LogP contribution is -2.37. The molecule has 150 valence electrons. The van der Waals surface area contributed by atoms with Crippen molar-refractivity contribution in [3.05, 3.63) is 40.5 Å². The van der Waals surface area contributed by atoms with Gasteiger partial charge in [-0.15, -0.1) is 11.3 Å². The van der Waals surface area contributed by atoms with E-state index in [2.05, 4.69) is 20.6 Å². The van der Waals surface area contributed by atoms with Gasteiger partial charge in [0.05, 0.1) is 5.39 Å². The number of nitrogens with two attached hydrogens (primary N) is 1. The Bertz CT molecular complexity index is 1090. The zero-order valence-electron chi connectivity index (χ0n) is 16.5. The molecule has 3 aromatic rings. The molecule has 4 rings (SSSR count). The molecule has 2 aromatic heterocycles. The third-order valence-corrected chi connectivity index (χ3v) is 6.31. The number of amides is 1. The first-order valence-electron chi connectivity index (χ1n) is 9.69. The highest BCUT2D eigenvalue weighted by Crippen LogP contribution is 2.40. The Labute approximate surface area is 173 Å². The Balaban J connectivity index is 1.66. The number of hydrogen-bond acceptors (Lipinski definition) is 7. The van der Waals surface area contributed by atoms with Gasteiger partial charge < -0.3 is 21.8 Å². The first-order chi connectivity index (χ1) is 14.0. The number of carbonyl (C=O) groups is 1. The number of hydrogen-bond donors (Lipinski definition) is 4. The summed E-state index contributed by atoms with van der Waals surface area (Å²) >= 11 is 1.65. The number of fused-ring (bicyclic) bond motifs is 3. The predicted molar refractivity (Wildman–Crippen MR) is 118 cm³/mol. The van der Waals surface area contributed by atoms with Crippen molar-refractivity contribution in [3.8, 4) is 0 Å². The minimum atomic E-state index is 0.00887. The van der Waals surface area contributed by atoms with Crippen LogP contribution in [-0.2, 0) is 17.6 Å². The minimum absolute atomic E-state index is 0.00887. The zero-order chi connectivity index (χ0) is 20.5. The number of nitrogens with zero attached hydrogens (tertiary/aromatic N) is 2. The second-order valence-electron chi connectivity index (χ2n) is 7.62. The Morgan fingerprint density at radius 1 is 1.38 bits per heavy atom. The molecule has 0 fully saturated rings. The number of benzene rings is 1. The largest absolute Gasteiger partial charge is 0.398 e. The molecule has 1 unspecified atom stereocenters. The van der Waals surface area contributed by atoms with E-state index >= 15 is 0 Å². The molecule has 29 heavy (non-hydrogen) atoms. The molecule has 1 aliphatic rings. The standard InChI is InChI=1S/C21H24N6OS/c1-11(2)26-20(28)12-3-5-15-17(8-12)29-21-18(15)19(24-10-25-21)27-14-4-6-16(23)13(7-14)9-22/h4,6-7,9-12,22H,3,5,8,23H2,1-2H3,(H,26,28)(H,24,25,27). The Kier molecular flexibility index (Phi) is 5.19. The average molecular weight is 409 g/mol. The van der Waals surface area contributed by atoms with Crippen molar-refractivity contribution in [1.29, 1.82) is 5.41 Å². The first kappa shape index (κ1) is 19.3. The molecular weight excluding hydrogens is 384 g/mol. The number of aromatic nitrogens is 2. The molecule has 0 spiro atoms. The van der Waals surface area contributed by atoms with Crippen LogP contribution >= 0.6 is 11.3 Å². The fourth-order valence-electron chi connectivity index (χ4n) is 3.75. The molecule has 5 N–H and O–H groups in total. The van der Waals surface area contributed by atoms with E-state index in [1.54, 1.807) is 23.7 Å². The summed E-state index contributed by atoms with van der Waals surface area (Å²) in [5, 5.41) is 14.9. The van der Waals surface area contributed by atoms with Gasteiger partial charge in [0.1, 0.15) is 17.0 Å². The van der Waals surface area contributed by atoms with E-state index in [4.69, 9.17) is 11.1 Å². The predicted octanol–water partition coefficient (Wildman–Crippen LogP) is 3.64.